The molecule has 1 aromatic rings. The molecule has 0 spiro atoms. The number of benzene rings is 1. The van der Waals surface area contributed by atoms with E-state index >= 15 is 0 Å². The minimum atomic E-state index is -3.27. The van der Waals surface area contributed by atoms with Gasteiger partial charge in [-0.05, 0) is 23.3 Å². The Morgan fingerprint density at radius 3 is 2.80 bits per heavy atom. The van der Waals surface area contributed by atoms with Crippen LogP contribution >= 0.6 is 15.9 Å². The normalized spacial score (nSPS) is 17.3. The van der Waals surface area contributed by atoms with Crippen LogP contribution in [0.3, 0.4) is 0 Å². The summed E-state index contributed by atoms with van der Waals surface area (Å²) in [5.41, 5.74) is 1.44. The van der Waals surface area contributed by atoms with Crippen LogP contribution in [0.5, 0.6) is 0 Å². The van der Waals surface area contributed by atoms with E-state index < -0.39 is 9.84 Å². The van der Waals surface area contributed by atoms with E-state index in [2.05, 4.69) is 15.9 Å². The summed E-state index contributed by atoms with van der Waals surface area (Å²) in [5.74, 6) is 0. The summed E-state index contributed by atoms with van der Waals surface area (Å²) >= 11 is 3.26. The Kier molecular flexibility index (Phi) is 2.70. The summed E-state index contributed by atoms with van der Waals surface area (Å²) in [6.07, 6.45) is 0. The summed E-state index contributed by atoms with van der Waals surface area (Å²) in [6, 6.07) is 5.22. The molecular weight excluding hydrogens is 280 g/mol. The van der Waals surface area contributed by atoms with Crippen molar-refractivity contribution in [3.05, 3.63) is 33.6 Å². The highest BCUT2D eigenvalue weighted by Gasteiger charge is 2.26. The molecule has 80 valence electrons. The van der Waals surface area contributed by atoms with Gasteiger partial charge in [-0.1, -0.05) is 22.0 Å². The van der Waals surface area contributed by atoms with Gasteiger partial charge in [0.15, 0.2) is 0 Å². The monoisotopic (exact) mass is 288 g/mol. The van der Waals surface area contributed by atoms with Crippen LogP contribution in [0.2, 0.25) is 0 Å². The van der Waals surface area contributed by atoms with Gasteiger partial charge in [-0.15, -0.1) is 0 Å². The minimum Gasteiger partial charge on any atom is -0.380 e. The van der Waals surface area contributed by atoms with Crippen LogP contribution in [-0.2, 0) is 14.6 Å². The molecule has 0 bridgehead atoms. The highest BCUT2D eigenvalue weighted by Crippen LogP contribution is 2.34. The van der Waals surface area contributed by atoms with Gasteiger partial charge in [0.2, 0.25) is 9.84 Å². The van der Waals surface area contributed by atoms with Crippen LogP contribution in [0, 0.1) is 0 Å². The van der Waals surface area contributed by atoms with E-state index in [1.165, 1.54) is 5.41 Å². The lowest BCUT2D eigenvalue weighted by molar-refractivity contribution is 0.240. The van der Waals surface area contributed by atoms with Crippen molar-refractivity contribution in [2.24, 2.45) is 0 Å². The molecule has 0 atom stereocenters. The first-order valence-electron chi connectivity index (χ1n) is 4.29. The highest BCUT2D eigenvalue weighted by molar-refractivity contribution is 9.10. The number of halogens is 1. The van der Waals surface area contributed by atoms with Crippen molar-refractivity contribution < 1.29 is 13.2 Å². The van der Waals surface area contributed by atoms with Crippen LogP contribution in [0.4, 0.5) is 0 Å². The van der Waals surface area contributed by atoms with E-state index in [9.17, 15) is 8.42 Å². The molecule has 0 unspecified atom stereocenters. The maximum Gasteiger partial charge on any atom is 0.200 e. The van der Waals surface area contributed by atoms with Gasteiger partial charge in [-0.25, -0.2) is 8.42 Å². The molecule has 0 fully saturated rings. The maximum absolute atomic E-state index is 11.7. The largest absolute Gasteiger partial charge is 0.380 e. The summed E-state index contributed by atoms with van der Waals surface area (Å²) in [7, 11) is -1.73. The third-order valence-electron chi connectivity index (χ3n) is 2.19. The first-order chi connectivity index (χ1) is 7.04. The molecule has 1 aliphatic heterocycles. The molecule has 1 aromatic carbocycles. The molecule has 2 rings (SSSR count). The van der Waals surface area contributed by atoms with Gasteiger partial charge in [0.05, 0.1) is 11.5 Å². The summed E-state index contributed by atoms with van der Waals surface area (Å²) in [5, 5.41) is 1.27. The SMILES string of the molecule is COCC1=CS(=O)(=O)c2cc(Br)ccc21. The molecule has 0 amide bonds. The second-order valence-corrected chi connectivity index (χ2v) is 5.94. The van der Waals surface area contributed by atoms with Crippen LogP contribution in [0.15, 0.2) is 33.0 Å². The number of sulfone groups is 1. The van der Waals surface area contributed by atoms with Gasteiger partial charge in [0.1, 0.15) is 0 Å². The minimum absolute atomic E-state index is 0.313. The second kappa shape index (κ2) is 3.73. The fourth-order valence-electron chi connectivity index (χ4n) is 1.58. The predicted octanol–water partition coefficient (Wildman–Crippen LogP) is 2.22. The van der Waals surface area contributed by atoms with Crippen molar-refractivity contribution in [1.29, 1.82) is 0 Å². The standard InChI is InChI=1S/C10H9BrO3S/c1-14-5-7-6-15(12,13)10-4-8(11)2-3-9(7)10/h2-4,6H,5H2,1H3. The zero-order valence-electron chi connectivity index (χ0n) is 8.03. The Morgan fingerprint density at radius 1 is 1.40 bits per heavy atom. The predicted molar refractivity (Wildman–Crippen MR) is 61.2 cm³/mol. The van der Waals surface area contributed by atoms with E-state index in [4.69, 9.17) is 4.74 Å². The van der Waals surface area contributed by atoms with E-state index in [-0.39, 0.29) is 0 Å². The third kappa shape index (κ3) is 1.87. The molecule has 0 aliphatic carbocycles. The molecule has 1 heterocycles. The Hall–Kier alpha value is -0.650. The number of hydrogen-bond acceptors (Lipinski definition) is 3. The lowest BCUT2D eigenvalue weighted by atomic mass is 10.1. The average Bonchev–Trinajstić information content (AvgIpc) is 2.39. The molecular formula is C10H9BrO3S. The summed E-state index contributed by atoms with van der Waals surface area (Å²) in [4.78, 5) is 0.351. The number of ether oxygens (including phenoxy) is 1. The van der Waals surface area contributed by atoms with E-state index in [1.54, 1.807) is 19.2 Å². The van der Waals surface area contributed by atoms with Crippen molar-refractivity contribution in [2.75, 3.05) is 13.7 Å². The summed E-state index contributed by atoms with van der Waals surface area (Å²) in [6.45, 7) is 0.313. The molecule has 0 saturated carbocycles. The molecule has 15 heavy (non-hydrogen) atoms. The zero-order chi connectivity index (χ0) is 11.1. The molecule has 0 radical (unpaired) electrons. The molecule has 3 nitrogen and oxygen atoms in total. The first kappa shape index (κ1) is 10.9. The van der Waals surface area contributed by atoms with E-state index in [1.807, 2.05) is 6.07 Å². The fraction of sp³-hybridized carbons (Fsp3) is 0.200. The van der Waals surface area contributed by atoms with Crippen LogP contribution in [0.1, 0.15) is 5.56 Å². The number of rotatable bonds is 2. The average molecular weight is 289 g/mol. The Morgan fingerprint density at radius 2 is 2.13 bits per heavy atom. The smallest absolute Gasteiger partial charge is 0.200 e. The third-order valence-corrected chi connectivity index (χ3v) is 4.23. The van der Waals surface area contributed by atoms with Gasteiger partial charge in [-0.3, -0.25) is 0 Å². The molecule has 5 heteroatoms. The van der Waals surface area contributed by atoms with E-state index in [0.717, 1.165) is 10.0 Å². The molecule has 1 aliphatic rings. The van der Waals surface area contributed by atoms with Gasteiger partial charge in [-0.2, -0.15) is 0 Å². The van der Waals surface area contributed by atoms with Crippen LogP contribution in [0.25, 0.3) is 5.57 Å². The summed E-state index contributed by atoms with van der Waals surface area (Å²) < 4.78 is 29.2. The lowest BCUT2D eigenvalue weighted by Crippen LogP contribution is -1.93. The topological polar surface area (TPSA) is 43.4 Å². The fourth-order valence-corrected chi connectivity index (χ4v) is 3.58. The van der Waals surface area contributed by atoms with Gasteiger partial charge < -0.3 is 4.74 Å². The number of methoxy groups -OCH3 is 1. The second-order valence-electron chi connectivity index (χ2n) is 3.26. The Bertz CT molecular complexity index is 532. The Labute approximate surface area is 96.8 Å². The van der Waals surface area contributed by atoms with Crippen molar-refractivity contribution in [1.82, 2.24) is 0 Å². The Balaban J connectivity index is 2.62. The highest BCUT2D eigenvalue weighted by atomic mass is 79.9. The van der Waals surface area contributed by atoms with Crippen LogP contribution in [-0.4, -0.2) is 22.1 Å². The van der Waals surface area contributed by atoms with Crippen molar-refractivity contribution >= 4 is 31.3 Å². The van der Waals surface area contributed by atoms with E-state index in [0.29, 0.717) is 17.1 Å². The van der Waals surface area contributed by atoms with Crippen molar-refractivity contribution in [2.45, 2.75) is 4.90 Å². The van der Waals surface area contributed by atoms with Gasteiger partial charge >= 0.3 is 0 Å². The molecule has 0 aromatic heterocycles. The zero-order valence-corrected chi connectivity index (χ0v) is 10.4. The molecule has 0 N–H and O–H groups in total. The van der Waals surface area contributed by atoms with Crippen molar-refractivity contribution in [3.63, 3.8) is 0 Å². The van der Waals surface area contributed by atoms with Crippen molar-refractivity contribution in [3.8, 4) is 0 Å². The van der Waals surface area contributed by atoms with Gasteiger partial charge in [0.25, 0.3) is 0 Å². The quantitative estimate of drug-likeness (QED) is 0.838. The maximum atomic E-state index is 11.7. The van der Waals surface area contributed by atoms with Gasteiger partial charge in [0, 0.05) is 17.0 Å². The lowest BCUT2D eigenvalue weighted by Gasteiger charge is -2.03. The number of hydrogen-bond donors (Lipinski definition) is 0. The van der Waals surface area contributed by atoms with Crippen LogP contribution < -0.4 is 0 Å². The number of fused-ring (bicyclic) bond motifs is 1. The molecule has 0 saturated heterocycles. The first-order valence-corrected chi connectivity index (χ1v) is 6.63.